The van der Waals surface area contributed by atoms with Gasteiger partial charge in [-0.1, -0.05) is 25.3 Å². The predicted octanol–water partition coefficient (Wildman–Crippen LogP) is 4.18. The molecule has 18 heavy (non-hydrogen) atoms. The lowest BCUT2D eigenvalue weighted by atomic mass is 9.87. The molecular weight excluding hydrogens is 222 g/mol. The van der Waals surface area contributed by atoms with E-state index >= 15 is 0 Å². The van der Waals surface area contributed by atoms with Crippen molar-refractivity contribution in [1.82, 2.24) is 0 Å². The van der Waals surface area contributed by atoms with Crippen LogP contribution in [0.5, 0.6) is 5.75 Å². The van der Waals surface area contributed by atoms with Crippen LogP contribution in [0.2, 0.25) is 0 Å². The summed E-state index contributed by atoms with van der Waals surface area (Å²) in [5.41, 5.74) is 1.79. The van der Waals surface area contributed by atoms with Gasteiger partial charge in [0.05, 0.1) is 18.8 Å². The van der Waals surface area contributed by atoms with Crippen molar-refractivity contribution < 1.29 is 4.74 Å². The van der Waals surface area contributed by atoms with Gasteiger partial charge in [0.15, 0.2) is 0 Å². The Kier molecular flexibility index (Phi) is 4.41. The number of allylic oxidation sites excluding steroid dienone is 2. The third-order valence-corrected chi connectivity index (χ3v) is 3.57. The van der Waals surface area contributed by atoms with Crippen LogP contribution in [0, 0.1) is 17.2 Å². The molecule has 0 aliphatic heterocycles. The van der Waals surface area contributed by atoms with Gasteiger partial charge in [-0.15, -0.1) is 0 Å². The van der Waals surface area contributed by atoms with Crippen LogP contribution < -0.4 is 4.74 Å². The Bertz CT molecular complexity index is 447. The van der Waals surface area contributed by atoms with Crippen LogP contribution in [0.15, 0.2) is 30.3 Å². The number of benzene rings is 1. The second-order valence-electron chi connectivity index (χ2n) is 4.82. The van der Waals surface area contributed by atoms with E-state index in [2.05, 4.69) is 12.1 Å². The zero-order valence-electron chi connectivity index (χ0n) is 10.9. The molecule has 0 bridgehead atoms. The Morgan fingerprint density at radius 3 is 2.44 bits per heavy atom. The molecule has 1 aromatic carbocycles. The first-order valence-electron chi connectivity index (χ1n) is 6.60. The summed E-state index contributed by atoms with van der Waals surface area (Å²) in [4.78, 5) is 0. The summed E-state index contributed by atoms with van der Waals surface area (Å²) < 4.78 is 5.13. The molecule has 2 nitrogen and oxygen atoms in total. The van der Waals surface area contributed by atoms with E-state index in [9.17, 15) is 5.26 Å². The summed E-state index contributed by atoms with van der Waals surface area (Å²) in [6.07, 6.45) is 8.53. The summed E-state index contributed by atoms with van der Waals surface area (Å²) in [5, 5.41) is 9.29. The van der Waals surface area contributed by atoms with Crippen molar-refractivity contribution in [2.75, 3.05) is 7.11 Å². The molecule has 2 rings (SSSR count). The van der Waals surface area contributed by atoms with E-state index < -0.39 is 0 Å². The lowest BCUT2D eigenvalue weighted by Crippen LogP contribution is -2.03. The van der Waals surface area contributed by atoms with Crippen LogP contribution in [-0.4, -0.2) is 7.11 Å². The van der Waals surface area contributed by atoms with E-state index in [1.807, 2.05) is 24.3 Å². The van der Waals surface area contributed by atoms with Crippen molar-refractivity contribution >= 4 is 5.57 Å². The van der Waals surface area contributed by atoms with Crippen molar-refractivity contribution in [3.63, 3.8) is 0 Å². The molecule has 1 fully saturated rings. The summed E-state index contributed by atoms with van der Waals surface area (Å²) in [5.74, 6) is 1.41. The molecule has 1 aliphatic rings. The van der Waals surface area contributed by atoms with E-state index in [1.54, 1.807) is 7.11 Å². The zero-order valence-corrected chi connectivity index (χ0v) is 10.9. The van der Waals surface area contributed by atoms with Crippen molar-refractivity contribution in [2.45, 2.75) is 32.1 Å². The molecule has 0 heterocycles. The van der Waals surface area contributed by atoms with E-state index in [0.717, 1.165) is 16.9 Å². The standard InChI is InChI=1S/C16H19NO/c1-18-16-9-7-14(8-10-16)15(12-17)11-13-5-3-2-4-6-13/h7-11,13H,2-6H2,1H3. The van der Waals surface area contributed by atoms with Gasteiger partial charge in [0.2, 0.25) is 0 Å². The maximum Gasteiger partial charge on any atom is 0.118 e. The molecule has 2 heteroatoms. The highest BCUT2D eigenvalue weighted by molar-refractivity contribution is 5.77. The molecule has 1 saturated carbocycles. The van der Waals surface area contributed by atoms with Gasteiger partial charge < -0.3 is 4.74 Å². The molecule has 0 atom stereocenters. The predicted molar refractivity (Wildman–Crippen MR) is 73.2 cm³/mol. The number of nitrogens with zero attached hydrogens (tertiary/aromatic N) is 1. The Morgan fingerprint density at radius 1 is 1.22 bits per heavy atom. The number of hydrogen-bond acceptors (Lipinski definition) is 2. The molecule has 1 aliphatic carbocycles. The number of methoxy groups -OCH3 is 1. The number of ether oxygens (including phenoxy) is 1. The molecule has 0 radical (unpaired) electrons. The minimum absolute atomic E-state index is 0.579. The van der Waals surface area contributed by atoms with Gasteiger partial charge in [0.25, 0.3) is 0 Å². The second-order valence-corrected chi connectivity index (χ2v) is 4.82. The minimum atomic E-state index is 0.579. The van der Waals surface area contributed by atoms with Gasteiger partial charge in [-0.25, -0.2) is 0 Å². The molecule has 0 aromatic heterocycles. The molecule has 1 aromatic rings. The maximum absolute atomic E-state index is 9.29. The van der Waals surface area contributed by atoms with Gasteiger partial charge in [-0.2, -0.15) is 5.26 Å². The highest BCUT2D eigenvalue weighted by atomic mass is 16.5. The topological polar surface area (TPSA) is 33.0 Å². The zero-order chi connectivity index (χ0) is 12.8. The fourth-order valence-corrected chi connectivity index (χ4v) is 2.51. The lowest BCUT2D eigenvalue weighted by Gasteiger charge is -2.18. The molecule has 0 saturated heterocycles. The highest BCUT2D eigenvalue weighted by Crippen LogP contribution is 2.28. The van der Waals surface area contributed by atoms with Crippen LogP contribution in [0.3, 0.4) is 0 Å². The van der Waals surface area contributed by atoms with E-state index in [0.29, 0.717) is 5.92 Å². The Labute approximate surface area is 109 Å². The van der Waals surface area contributed by atoms with Gasteiger partial charge >= 0.3 is 0 Å². The minimum Gasteiger partial charge on any atom is -0.497 e. The van der Waals surface area contributed by atoms with Crippen LogP contribution >= 0.6 is 0 Å². The Hall–Kier alpha value is -1.75. The van der Waals surface area contributed by atoms with Crippen molar-refractivity contribution in [3.8, 4) is 11.8 Å². The summed E-state index contributed by atoms with van der Waals surface area (Å²) in [6.45, 7) is 0. The first-order chi connectivity index (χ1) is 8.83. The van der Waals surface area contributed by atoms with Crippen molar-refractivity contribution in [3.05, 3.63) is 35.9 Å². The highest BCUT2D eigenvalue weighted by Gasteiger charge is 2.12. The molecular formula is C16H19NO. The van der Waals surface area contributed by atoms with Gasteiger partial charge in [0.1, 0.15) is 5.75 Å². The third-order valence-electron chi connectivity index (χ3n) is 3.57. The maximum atomic E-state index is 9.29. The van der Waals surface area contributed by atoms with Crippen LogP contribution in [-0.2, 0) is 0 Å². The summed E-state index contributed by atoms with van der Waals surface area (Å²) in [7, 11) is 1.65. The Morgan fingerprint density at radius 2 is 1.89 bits per heavy atom. The van der Waals surface area contributed by atoms with Gasteiger partial charge in [0, 0.05) is 0 Å². The SMILES string of the molecule is COc1ccc(C(C#N)=CC2CCCCC2)cc1. The van der Waals surface area contributed by atoms with Crippen LogP contribution in [0.4, 0.5) is 0 Å². The first-order valence-corrected chi connectivity index (χ1v) is 6.60. The second kappa shape index (κ2) is 6.26. The molecule has 94 valence electrons. The number of rotatable bonds is 3. The van der Waals surface area contributed by atoms with Crippen LogP contribution in [0.1, 0.15) is 37.7 Å². The normalized spacial score (nSPS) is 17.2. The van der Waals surface area contributed by atoms with Gasteiger partial charge in [-0.05, 0) is 48.6 Å². The number of hydrogen-bond donors (Lipinski definition) is 0. The van der Waals surface area contributed by atoms with E-state index in [1.165, 1.54) is 32.1 Å². The van der Waals surface area contributed by atoms with E-state index in [-0.39, 0.29) is 0 Å². The summed E-state index contributed by atoms with van der Waals surface area (Å²) >= 11 is 0. The fourth-order valence-electron chi connectivity index (χ4n) is 2.51. The fraction of sp³-hybridized carbons (Fsp3) is 0.438. The smallest absolute Gasteiger partial charge is 0.118 e. The van der Waals surface area contributed by atoms with Crippen molar-refractivity contribution in [2.24, 2.45) is 5.92 Å². The van der Waals surface area contributed by atoms with Gasteiger partial charge in [-0.3, -0.25) is 0 Å². The lowest BCUT2D eigenvalue weighted by molar-refractivity contribution is 0.414. The molecule has 0 amide bonds. The molecule has 0 unspecified atom stereocenters. The average molecular weight is 241 g/mol. The molecule has 0 N–H and O–H groups in total. The van der Waals surface area contributed by atoms with E-state index in [4.69, 9.17) is 4.74 Å². The first kappa shape index (κ1) is 12.7. The van der Waals surface area contributed by atoms with Crippen molar-refractivity contribution in [1.29, 1.82) is 5.26 Å². The third kappa shape index (κ3) is 3.13. The number of nitriles is 1. The largest absolute Gasteiger partial charge is 0.497 e. The summed E-state index contributed by atoms with van der Waals surface area (Å²) in [6, 6.07) is 10.0. The monoisotopic (exact) mass is 241 g/mol. The Balaban J connectivity index is 2.16. The quantitative estimate of drug-likeness (QED) is 0.744. The average Bonchev–Trinajstić information content (AvgIpc) is 2.46. The van der Waals surface area contributed by atoms with Crippen LogP contribution in [0.25, 0.3) is 5.57 Å². The molecule has 0 spiro atoms.